The van der Waals surface area contributed by atoms with Crippen LogP contribution in [-0.2, 0) is 6.54 Å². The molecule has 0 amide bonds. The molecule has 124 valence electrons. The zero-order valence-corrected chi connectivity index (χ0v) is 12.9. The number of benzene rings is 2. The number of rotatable bonds is 6. The molecule has 0 radical (unpaired) electrons. The Hall–Kier alpha value is -2.87. The van der Waals surface area contributed by atoms with Gasteiger partial charge in [-0.05, 0) is 24.9 Å². The van der Waals surface area contributed by atoms with Crippen LogP contribution in [-0.4, -0.2) is 18.0 Å². The number of halogens is 3. The van der Waals surface area contributed by atoms with Gasteiger partial charge in [-0.15, -0.1) is 0 Å². The summed E-state index contributed by atoms with van der Waals surface area (Å²) >= 11 is 5.69. The molecule has 0 saturated heterocycles. The van der Waals surface area contributed by atoms with Crippen LogP contribution in [0.2, 0.25) is 5.02 Å². The van der Waals surface area contributed by atoms with E-state index in [2.05, 4.69) is 22.0 Å². The zero-order chi connectivity index (χ0) is 17.7. The smallest absolute Gasteiger partial charge is 0.305 e. The molecule has 0 spiro atoms. The number of nitro groups is 1. The van der Waals surface area contributed by atoms with E-state index in [0.29, 0.717) is 11.3 Å². The molecule has 6 nitrogen and oxygen atoms in total. The second-order valence-corrected chi connectivity index (χ2v) is 5.01. The lowest BCUT2D eigenvalue weighted by atomic mass is 10.1. The molecule has 0 bridgehead atoms. The third-order valence-corrected chi connectivity index (χ3v) is 3.32. The van der Waals surface area contributed by atoms with Gasteiger partial charge in [-0.3, -0.25) is 15.1 Å². The SMILES string of the molecule is C=N/C=N\c1cc(F)c([N+](=O)[O-])cc1CNc1ccc(F)c(Cl)c1. The molecule has 0 saturated carbocycles. The van der Waals surface area contributed by atoms with Gasteiger partial charge < -0.3 is 5.32 Å². The topological polar surface area (TPSA) is 79.9 Å². The first-order chi connectivity index (χ1) is 11.4. The maximum atomic E-state index is 13.7. The third kappa shape index (κ3) is 4.11. The summed E-state index contributed by atoms with van der Waals surface area (Å²) in [5, 5.41) is 13.7. The van der Waals surface area contributed by atoms with Crippen molar-refractivity contribution in [2.24, 2.45) is 9.98 Å². The van der Waals surface area contributed by atoms with Gasteiger partial charge in [0.25, 0.3) is 0 Å². The predicted molar refractivity (Wildman–Crippen MR) is 89.5 cm³/mol. The first-order valence-electron chi connectivity index (χ1n) is 6.56. The van der Waals surface area contributed by atoms with Crippen molar-refractivity contribution in [3.63, 3.8) is 0 Å². The summed E-state index contributed by atoms with van der Waals surface area (Å²) in [6, 6.07) is 6.01. The lowest BCUT2D eigenvalue weighted by Crippen LogP contribution is -2.02. The van der Waals surface area contributed by atoms with Crippen molar-refractivity contribution in [2.45, 2.75) is 6.54 Å². The van der Waals surface area contributed by atoms with E-state index in [4.69, 9.17) is 11.6 Å². The van der Waals surface area contributed by atoms with Gasteiger partial charge in [0.05, 0.1) is 15.6 Å². The maximum absolute atomic E-state index is 13.7. The highest BCUT2D eigenvalue weighted by atomic mass is 35.5. The molecule has 0 unspecified atom stereocenters. The van der Waals surface area contributed by atoms with E-state index in [1.54, 1.807) is 0 Å². The van der Waals surface area contributed by atoms with Crippen molar-refractivity contribution in [1.29, 1.82) is 0 Å². The number of nitro benzene ring substituents is 1. The molecule has 24 heavy (non-hydrogen) atoms. The van der Waals surface area contributed by atoms with Gasteiger partial charge in [-0.25, -0.2) is 9.38 Å². The van der Waals surface area contributed by atoms with Crippen LogP contribution in [0.4, 0.5) is 25.8 Å². The van der Waals surface area contributed by atoms with E-state index >= 15 is 0 Å². The predicted octanol–water partition coefficient (Wildman–Crippen LogP) is 4.50. The van der Waals surface area contributed by atoms with Crippen LogP contribution >= 0.6 is 11.6 Å². The van der Waals surface area contributed by atoms with Crippen molar-refractivity contribution in [3.8, 4) is 0 Å². The Labute approximate surface area is 140 Å². The molecule has 2 aromatic rings. The first-order valence-corrected chi connectivity index (χ1v) is 6.94. The average Bonchev–Trinajstić information content (AvgIpc) is 2.54. The van der Waals surface area contributed by atoms with Gasteiger partial charge in [0.1, 0.15) is 12.2 Å². The molecule has 2 aromatic carbocycles. The molecular formula is C15H11ClF2N4O2. The third-order valence-electron chi connectivity index (χ3n) is 3.03. The number of aliphatic imine (C=N–C) groups is 2. The number of hydrogen-bond acceptors (Lipinski definition) is 4. The van der Waals surface area contributed by atoms with E-state index in [9.17, 15) is 18.9 Å². The fourth-order valence-electron chi connectivity index (χ4n) is 1.90. The van der Waals surface area contributed by atoms with Crippen molar-refractivity contribution in [2.75, 3.05) is 5.32 Å². The lowest BCUT2D eigenvalue weighted by molar-refractivity contribution is -0.387. The monoisotopic (exact) mass is 352 g/mol. The molecule has 0 heterocycles. The lowest BCUT2D eigenvalue weighted by Gasteiger charge is -2.10. The van der Waals surface area contributed by atoms with Gasteiger partial charge in [0.2, 0.25) is 5.82 Å². The number of anilines is 1. The van der Waals surface area contributed by atoms with Gasteiger partial charge in [-0.1, -0.05) is 11.6 Å². The minimum absolute atomic E-state index is 0.0702. The molecule has 0 aliphatic rings. The Bertz CT molecular complexity index is 827. The normalized spacial score (nSPS) is 10.8. The largest absolute Gasteiger partial charge is 0.381 e. The quantitative estimate of drug-likeness (QED) is 0.360. The summed E-state index contributed by atoms with van der Waals surface area (Å²) in [5.41, 5.74) is 0.328. The highest BCUT2D eigenvalue weighted by Gasteiger charge is 2.18. The van der Waals surface area contributed by atoms with Gasteiger partial charge >= 0.3 is 5.69 Å². The molecule has 2 rings (SSSR count). The van der Waals surface area contributed by atoms with Gasteiger partial charge in [0, 0.05) is 29.9 Å². The number of nitrogens with one attached hydrogen (secondary N) is 1. The van der Waals surface area contributed by atoms with E-state index < -0.39 is 22.2 Å². The van der Waals surface area contributed by atoms with Crippen LogP contribution in [0.25, 0.3) is 0 Å². The van der Waals surface area contributed by atoms with E-state index in [0.717, 1.165) is 18.5 Å². The van der Waals surface area contributed by atoms with Crippen LogP contribution in [0, 0.1) is 21.7 Å². The summed E-state index contributed by atoms with van der Waals surface area (Å²) in [4.78, 5) is 17.4. The molecule has 0 atom stereocenters. The standard InChI is InChI=1S/C15H11ClF2N4O2/c1-19-8-21-14-6-13(18)15(22(23)24)4-9(14)7-20-10-2-3-12(17)11(16)5-10/h2-6,8,20H,1,7H2/b21-8-. The Balaban J connectivity index is 2.33. The maximum Gasteiger partial charge on any atom is 0.305 e. The van der Waals surface area contributed by atoms with Crippen LogP contribution in [0.5, 0.6) is 0 Å². The van der Waals surface area contributed by atoms with E-state index in [1.165, 1.54) is 18.2 Å². The second-order valence-electron chi connectivity index (χ2n) is 4.60. The fourth-order valence-corrected chi connectivity index (χ4v) is 2.08. The van der Waals surface area contributed by atoms with Gasteiger partial charge in [0.15, 0.2) is 0 Å². The summed E-state index contributed by atoms with van der Waals surface area (Å²) in [7, 11) is 0. The Morgan fingerprint density at radius 1 is 1.29 bits per heavy atom. The van der Waals surface area contributed by atoms with Crippen molar-refractivity contribution in [3.05, 3.63) is 62.7 Å². The number of hydrogen-bond donors (Lipinski definition) is 1. The minimum Gasteiger partial charge on any atom is -0.381 e. The molecule has 0 aromatic heterocycles. The molecule has 9 heteroatoms. The highest BCUT2D eigenvalue weighted by molar-refractivity contribution is 6.31. The molecule has 1 N–H and O–H groups in total. The summed E-state index contributed by atoms with van der Waals surface area (Å²) in [6.45, 7) is 3.29. The Kier molecular flexibility index (Phi) is 5.54. The Morgan fingerprint density at radius 3 is 2.67 bits per heavy atom. The summed E-state index contributed by atoms with van der Waals surface area (Å²) in [5.74, 6) is -1.58. The summed E-state index contributed by atoms with van der Waals surface area (Å²) < 4.78 is 26.9. The van der Waals surface area contributed by atoms with Crippen molar-refractivity contribution < 1.29 is 13.7 Å². The molecule has 0 aliphatic carbocycles. The minimum atomic E-state index is -1.01. The van der Waals surface area contributed by atoms with Crippen LogP contribution in [0.15, 0.2) is 40.3 Å². The van der Waals surface area contributed by atoms with Gasteiger partial charge in [-0.2, -0.15) is 4.39 Å². The van der Waals surface area contributed by atoms with Crippen molar-refractivity contribution in [1.82, 2.24) is 0 Å². The van der Waals surface area contributed by atoms with Crippen LogP contribution in [0.3, 0.4) is 0 Å². The Morgan fingerprint density at radius 2 is 2.04 bits per heavy atom. The zero-order valence-electron chi connectivity index (χ0n) is 12.2. The van der Waals surface area contributed by atoms with Crippen LogP contribution in [0.1, 0.15) is 5.56 Å². The fraction of sp³-hybridized carbons (Fsp3) is 0.0667. The van der Waals surface area contributed by atoms with E-state index in [-0.39, 0.29) is 17.3 Å². The van der Waals surface area contributed by atoms with Crippen LogP contribution < -0.4 is 5.32 Å². The average molecular weight is 353 g/mol. The molecule has 0 fully saturated rings. The summed E-state index contributed by atoms with van der Waals surface area (Å²) in [6.07, 6.45) is 1.10. The molecule has 0 aliphatic heterocycles. The van der Waals surface area contributed by atoms with Crippen molar-refractivity contribution >= 4 is 41.7 Å². The van der Waals surface area contributed by atoms with E-state index in [1.807, 2.05) is 0 Å². The highest BCUT2D eigenvalue weighted by Crippen LogP contribution is 2.29. The number of nitrogens with zero attached hydrogens (tertiary/aromatic N) is 3. The first kappa shape index (κ1) is 17.5. The second kappa shape index (κ2) is 7.60. The molecular weight excluding hydrogens is 342 g/mol.